The van der Waals surface area contributed by atoms with Crippen molar-refractivity contribution in [2.24, 2.45) is 0 Å². The van der Waals surface area contributed by atoms with Gasteiger partial charge in [0.15, 0.2) is 0 Å². The second kappa shape index (κ2) is 4.00. The summed E-state index contributed by atoms with van der Waals surface area (Å²) in [6.07, 6.45) is 0.846. The van der Waals surface area contributed by atoms with Crippen molar-refractivity contribution < 1.29 is 0 Å². The first-order valence-electron chi connectivity index (χ1n) is 5.51. The van der Waals surface area contributed by atoms with Crippen molar-refractivity contribution in [1.29, 1.82) is 0 Å². The van der Waals surface area contributed by atoms with Crippen molar-refractivity contribution in [1.82, 2.24) is 9.78 Å². The van der Waals surface area contributed by atoms with Gasteiger partial charge in [0.25, 0.3) is 5.56 Å². The molecule has 0 saturated carbocycles. The quantitative estimate of drug-likeness (QED) is 0.822. The third-order valence-electron chi connectivity index (χ3n) is 2.95. The molecule has 0 spiro atoms. The van der Waals surface area contributed by atoms with Crippen LogP contribution < -0.4 is 5.56 Å². The van der Waals surface area contributed by atoms with Gasteiger partial charge in [-0.25, -0.2) is 0 Å². The van der Waals surface area contributed by atoms with Crippen LogP contribution in [-0.4, -0.2) is 9.78 Å². The van der Waals surface area contributed by atoms with Gasteiger partial charge < -0.3 is 0 Å². The zero-order valence-corrected chi connectivity index (χ0v) is 9.87. The monoisotopic (exact) mass is 216 g/mol. The molecule has 16 heavy (non-hydrogen) atoms. The third-order valence-corrected chi connectivity index (χ3v) is 2.95. The van der Waals surface area contributed by atoms with Gasteiger partial charge in [-0.15, -0.1) is 0 Å². The normalized spacial score (nSPS) is 10.7. The fourth-order valence-electron chi connectivity index (χ4n) is 1.99. The Balaban J connectivity index is 2.70. The van der Waals surface area contributed by atoms with Crippen molar-refractivity contribution in [2.45, 2.75) is 27.2 Å². The standard InChI is InChI=1S/C13H16N2O/c1-4-11-10(3)13(16)14-15(11)12-8-6-5-7-9(12)2/h5-8H,4H2,1-3H3,(H,14,16). The molecule has 1 aromatic carbocycles. The van der Waals surface area contributed by atoms with Crippen molar-refractivity contribution in [2.75, 3.05) is 0 Å². The number of aromatic nitrogens is 2. The summed E-state index contributed by atoms with van der Waals surface area (Å²) in [4.78, 5) is 11.6. The maximum absolute atomic E-state index is 11.6. The number of benzene rings is 1. The van der Waals surface area contributed by atoms with E-state index in [0.29, 0.717) is 0 Å². The second-order valence-electron chi connectivity index (χ2n) is 3.99. The molecular formula is C13H16N2O. The first kappa shape index (κ1) is 10.7. The van der Waals surface area contributed by atoms with Gasteiger partial charge >= 0.3 is 0 Å². The highest BCUT2D eigenvalue weighted by Crippen LogP contribution is 2.15. The van der Waals surface area contributed by atoms with Crippen LogP contribution in [0, 0.1) is 13.8 Å². The number of nitrogens with one attached hydrogen (secondary N) is 1. The van der Waals surface area contributed by atoms with E-state index in [9.17, 15) is 4.79 Å². The number of nitrogens with zero attached hydrogens (tertiary/aromatic N) is 1. The summed E-state index contributed by atoms with van der Waals surface area (Å²) in [6.45, 7) is 5.97. The van der Waals surface area contributed by atoms with Crippen LogP contribution in [-0.2, 0) is 6.42 Å². The van der Waals surface area contributed by atoms with Crippen LogP contribution >= 0.6 is 0 Å². The summed E-state index contributed by atoms with van der Waals surface area (Å²) >= 11 is 0. The molecule has 84 valence electrons. The van der Waals surface area contributed by atoms with Crippen LogP contribution in [0.4, 0.5) is 0 Å². The lowest BCUT2D eigenvalue weighted by molar-refractivity contribution is 0.798. The summed E-state index contributed by atoms with van der Waals surface area (Å²) in [6, 6.07) is 8.04. The van der Waals surface area contributed by atoms with Gasteiger partial charge in [-0.1, -0.05) is 25.1 Å². The average Bonchev–Trinajstić information content (AvgIpc) is 2.56. The third kappa shape index (κ3) is 1.58. The molecule has 2 aromatic rings. The summed E-state index contributed by atoms with van der Waals surface area (Å²) in [5.74, 6) is 0. The molecule has 3 nitrogen and oxygen atoms in total. The highest BCUT2D eigenvalue weighted by molar-refractivity contribution is 5.41. The Labute approximate surface area is 94.7 Å². The summed E-state index contributed by atoms with van der Waals surface area (Å²) < 4.78 is 1.90. The van der Waals surface area contributed by atoms with E-state index in [-0.39, 0.29) is 5.56 Å². The molecule has 0 aliphatic carbocycles. The van der Waals surface area contributed by atoms with Crippen LogP contribution in [0.3, 0.4) is 0 Å². The zero-order chi connectivity index (χ0) is 11.7. The molecule has 0 fully saturated rings. The number of H-pyrrole nitrogens is 1. The minimum atomic E-state index is 0.0000954. The van der Waals surface area contributed by atoms with E-state index in [1.54, 1.807) is 0 Å². The Morgan fingerprint density at radius 1 is 1.25 bits per heavy atom. The Bertz CT molecular complexity index is 564. The topological polar surface area (TPSA) is 37.8 Å². The molecule has 1 aromatic heterocycles. The molecule has 0 aliphatic heterocycles. The van der Waals surface area contributed by atoms with E-state index in [2.05, 4.69) is 12.0 Å². The minimum Gasteiger partial charge on any atom is -0.268 e. The first-order valence-corrected chi connectivity index (χ1v) is 5.51. The molecule has 2 rings (SSSR count). The average molecular weight is 216 g/mol. The lowest BCUT2D eigenvalue weighted by Crippen LogP contribution is -2.06. The molecule has 0 aliphatic rings. The smallest absolute Gasteiger partial charge is 0.267 e. The largest absolute Gasteiger partial charge is 0.268 e. The van der Waals surface area contributed by atoms with Gasteiger partial charge in [0.1, 0.15) is 0 Å². The summed E-state index contributed by atoms with van der Waals surface area (Å²) in [7, 11) is 0. The first-order chi connectivity index (χ1) is 7.65. The van der Waals surface area contributed by atoms with Crippen molar-refractivity contribution in [3.05, 3.63) is 51.4 Å². The van der Waals surface area contributed by atoms with Crippen LogP contribution in [0.2, 0.25) is 0 Å². The Hall–Kier alpha value is -1.77. The van der Waals surface area contributed by atoms with Gasteiger partial charge in [-0.2, -0.15) is 0 Å². The van der Waals surface area contributed by atoms with Gasteiger partial charge in [0.05, 0.1) is 5.69 Å². The summed E-state index contributed by atoms with van der Waals surface area (Å²) in [5.41, 5.74) is 4.07. The highest BCUT2D eigenvalue weighted by Gasteiger charge is 2.11. The fraction of sp³-hybridized carbons (Fsp3) is 0.308. The highest BCUT2D eigenvalue weighted by atomic mass is 16.1. The van der Waals surface area contributed by atoms with Crippen molar-refractivity contribution >= 4 is 0 Å². The molecule has 0 atom stereocenters. The van der Waals surface area contributed by atoms with Gasteiger partial charge in [-0.3, -0.25) is 14.6 Å². The Morgan fingerprint density at radius 3 is 2.56 bits per heavy atom. The molecule has 0 unspecified atom stereocenters. The number of aryl methyl sites for hydroxylation is 1. The molecule has 0 saturated heterocycles. The van der Waals surface area contributed by atoms with Gasteiger partial charge in [-0.05, 0) is 31.9 Å². The van der Waals surface area contributed by atoms with E-state index in [0.717, 1.165) is 28.9 Å². The van der Waals surface area contributed by atoms with Crippen LogP contribution in [0.5, 0.6) is 0 Å². The molecule has 0 radical (unpaired) electrons. The number of aromatic amines is 1. The molecule has 0 amide bonds. The summed E-state index contributed by atoms with van der Waals surface area (Å²) in [5, 5.41) is 2.88. The second-order valence-corrected chi connectivity index (χ2v) is 3.99. The van der Waals surface area contributed by atoms with Crippen molar-refractivity contribution in [3.8, 4) is 5.69 Å². The molecule has 1 N–H and O–H groups in total. The maximum atomic E-state index is 11.6. The van der Waals surface area contributed by atoms with Gasteiger partial charge in [0.2, 0.25) is 0 Å². The maximum Gasteiger partial charge on any atom is 0.267 e. The van der Waals surface area contributed by atoms with E-state index in [4.69, 9.17) is 0 Å². The number of rotatable bonds is 2. The Kier molecular flexibility index (Phi) is 2.69. The van der Waals surface area contributed by atoms with E-state index in [1.165, 1.54) is 0 Å². The molecule has 1 heterocycles. The minimum absolute atomic E-state index is 0.0000954. The molecule has 0 bridgehead atoms. The van der Waals surface area contributed by atoms with Crippen molar-refractivity contribution in [3.63, 3.8) is 0 Å². The fourth-order valence-corrected chi connectivity index (χ4v) is 1.99. The van der Waals surface area contributed by atoms with Crippen LogP contribution in [0.25, 0.3) is 5.69 Å². The zero-order valence-electron chi connectivity index (χ0n) is 9.87. The lowest BCUT2D eigenvalue weighted by Gasteiger charge is -2.10. The predicted octanol–water partition coefficient (Wildman–Crippen LogP) is 2.34. The van der Waals surface area contributed by atoms with E-state index in [1.807, 2.05) is 42.8 Å². The molecule has 3 heteroatoms. The Morgan fingerprint density at radius 2 is 1.94 bits per heavy atom. The van der Waals surface area contributed by atoms with Crippen LogP contribution in [0.15, 0.2) is 29.1 Å². The van der Waals surface area contributed by atoms with E-state index < -0.39 is 0 Å². The number of para-hydroxylation sites is 1. The van der Waals surface area contributed by atoms with Crippen LogP contribution in [0.1, 0.15) is 23.7 Å². The number of hydrogen-bond donors (Lipinski definition) is 1. The lowest BCUT2D eigenvalue weighted by atomic mass is 10.2. The van der Waals surface area contributed by atoms with Gasteiger partial charge in [0, 0.05) is 11.3 Å². The molecular weight excluding hydrogens is 200 g/mol. The number of hydrogen-bond acceptors (Lipinski definition) is 1. The predicted molar refractivity (Wildman–Crippen MR) is 65.2 cm³/mol. The SMILES string of the molecule is CCc1c(C)c(=O)[nH]n1-c1ccccc1C. The van der Waals surface area contributed by atoms with E-state index >= 15 is 0 Å².